The average molecular weight is 258 g/mol. The van der Waals surface area contributed by atoms with Crippen molar-refractivity contribution in [2.75, 3.05) is 11.9 Å². The molecule has 0 aliphatic rings. The SMILES string of the molecule is Cc1ccccc1CN(C)c1ccc(CN)cc1F. The maximum absolute atomic E-state index is 14.0. The van der Waals surface area contributed by atoms with Crippen molar-refractivity contribution >= 4 is 5.69 Å². The van der Waals surface area contributed by atoms with Gasteiger partial charge in [-0.1, -0.05) is 30.3 Å². The molecule has 19 heavy (non-hydrogen) atoms. The highest BCUT2D eigenvalue weighted by Gasteiger charge is 2.09. The monoisotopic (exact) mass is 258 g/mol. The Bertz CT molecular complexity index is 566. The first-order valence-corrected chi connectivity index (χ1v) is 6.36. The lowest BCUT2D eigenvalue weighted by molar-refractivity contribution is 0.620. The molecule has 0 saturated heterocycles. The Balaban J connectivity index is 2.21. The first-order valence-electron chi connectivity index (χ1n) is 6.36. The van der Waals surface area contributed by atoms with Crippen molar-refractivity contribution < 1.29 is 4.39 Å². The number of hydrogen-bond donors (Lipinski definition) is 1. The van der Waals surface area contributed by atoms with Crippen LogP contribution >= 0.6 is 0 Å². The summed E-state index contributed by atoms with van der Waals surface area (Å²) in [5, 5.41) is 0. The molecule has 0 aliphatic heterocycles. The molecule has 2 nitrogen and oxygen atoms in total. The lowest BCUT2D eigenvalue weighted by atomic mass is 10.1. The van der Waals surface area contributed by atoms with Crippen LogP contribution in [0.15, 0.2) is 42.5 Å². The predicted molar refractivity (Wildman–Crippen MR) is 77.6 cm³/mol. The predicted octanol–water partition coefficient (Wildman–Crippen LogP) is 3.23. The third-order valence-corrected chi connectivity index (χ3v) is 3.33. The molecule has 0 amide bonds. The molecule has 0 saturated carbocycles. The van der Waals surface area contributed by atoms with Gasteiger partial charge in [0.25, 0.3) is 0 Å². The summed E-state index contributed by atoms with van der Waals surface area (Å²) in [5.41, 5.74) is 9.33. The smallest absolute Gasteiger partial charge is 0.146 e. The van der Waals surface area contributed by atoms with E-state index in [1.807, 2.05) is 30.1 Å². The summed E-state index contributed by atoms with van der Waals surface area (Å²) >= 11 is 0. The molecule has 0 unspecified atom stereocenters. The van der Waals surface area contributed by atoms with Crippen molar-refractivity contribution in [3.8, 4) is 0 Å². The highest BCUT2D eigenvalue weighted by molar-refractivity contribution is 5.49. The second kappa shape index (κ2) is 5.85. The molecule has 0 aliphatic carbocycles. The van der Waals surface area contributed by atoms with Crippen molar-refractivity contribution in [2.24, 2.45) is 5.73 Å². The largest absolute Gasteiger partial charge is 0.368 e. The summed E-state index contributed by atoms with van der Waals surface area (Å²) < 4.78 is 14.0. The molecule has 2 aromatic rings. The Kier molecular flexibility index (Phi) is 4.17. The van der Waals surface area contributed by atoms with Gasteiger partial charge >= 0.3 is 0 Å². The maximum atomic E-state index is 14.0. The highest BCUT2D eigenvalue weighted by Crippen LogP contribution is 2.22. The minimum Gasteiger partial charge on any atom is -0.368 e. The summed E-state index contributed by atoms with van der Waals surface area (Å²) in [6, 6.07) is 13.3. The average Bonchev–Trinajstić information content (AvgIpc) is 2.41. The van der Waals surface area contributed by atoms with E-state index in [0.717, 1.165) is 5.56 Å². The number of aryl methyl sites for hydroxylation is 1. The van der Waals surface area contributed by atoms with E-state index >= 15 is 0 Å². The summed E-state index contributed by atoms with van der Waals surface area (Å²) in [7, 11) is 1.90. The fraction of sp³-hybridized carbons (Fsp3) is 0.250. The zero-order chi connectivity index (χ0) is 13.8. The summed E-state index contributed by atoms with van der Waals surface area (Å²) in [4.78, 5) is 1.91. The quantitative estimate of drug-likeness (QED) is 0.912. The Morgan fingerprint density at radius 2 is 1.89 bits per heavy atom. The molecule has 2 rings (SSSR count). The molecule has 0 bridgehead atoms. The van der Waals surface area contributed by atoms with Gasteiger partial charge in [0.15, 0.2) is 0 Å². The van der Waals surface area contributed by atoms with E-state index in [9.17, 15) is 4.39 Å². The molecule has 0 radical (unpaired) electrons. The molecule has 2 aromatic carbocycles. The highest BCUT2D eigenvalue weighted by atomic mass is 19.1. The Morgan fingerprint density at radius 1 is 1.16 bits per heavy atom. The lowest BCUT2D eigenvalue weighted by Gasteiger charge is -2.21. The number of nitrogens with two attached hydrogens (primary N) is 1. The second-order valence-electron chi connectivity index (χ2n) is 4.77. The van der Waals surface area contributed by atoms with E-state index in [0.29, 0.717) is 18.8 Å². The summed E-state index contributed by atoms with van der Waals surface area (Å²) in [6.45, 7) is 3.11. The van der Waals surface area contributed by atoms with Crippen molar-refractivity contribution in [3.05, 3.63) is 65.0 Å². The van der Waals surface area contributed by atoms with Crippen LogP contribution in [0.3, 0.4) is 0 Å². The van der Waals surface area contributed by atoms with Gasteiger partial charge in [-0.25, -0.2) is 4.39 Å². The van der Waals surface area contributed by atoms with Crippen LogP contribution in [-0.2, 0) is 13.1 Å². The Labute approximate surface area is 113 Å². The standard InChI is InChI=1S/C16H19FN2/c1-12-5-3-4-6-14(12)11-19(2)16-8-7-13(10-18)9-15(16)17/h3-9H,10-11,18H2,1-2H3. The third-order valence-electron chi connectivity index (χ3n) is 3.33. The zero-order valence-corrected chi connectivity index (χ0v) is 11.4. The molecule has 3 heteroatoms. The van der Waals surface area contributed by atoms with Gasteiger partial charge in [-0.05, 0) is 35.7 Å². The van der Waals surface area contributed by atoms with Crippen LogP contribution in [0.2, 0.25) is 0 Å². The third kappa shape index (κ3) is 3.12. The molecule has 2 N–H and O–H groups in total. The van der Waals surface area contributed by atoms with Gasteiger partial charge < -0.3 is 10.6 Å². The van der Waals surface area contributed by atoms with E-state index in [1.165, 1.54) is 17.2 Å². The van der Waals surface area contributed by atoms with Gasteiger partial charge in [0.2, 0.25) is 0 Å². The van der Waals surface area contributed by atoms with Crippen molar-refractivity contribution in [2.45, 2.75) is 20.0 Å². The molecule has 0 aromatic heterocycles. The van der Waals surface area contributed by atoms with E-state index < -0.39 is 0 Å². The molecular formula is C16H19FN2. The van der Waals surface area contributed by atoms with E-state index in [4.69, 9.17) is 5.73 Å². The van der Waals surface area contributed by atoms with Crippen molar-refractivity contribution in [1.29, 1.82) is 0 Å². The fourth-order valence-electron chi connectivity index (χ4n) is 2.12. The maximum Gasteiger partial charge on any atom is 0.146 e. The minimum absolute atomic E-state index is 0.223. The topological polar surface area (TPSA) is 29.3 Å². The Morgan fingerprint density at radius 3 is 2.53 bits per heavy atom. The number of hydrogen-bond acceptors (Lipinski definition) is 2. The van der Waals surface area contributed by atoms with E-state index in [2.05, 4.69) is 19.1 Å². The second-order valence-corrected chi connectivity index (χ2v) is 4.77. The van der Waals surface area contributed by atoms with Gasteiger partial charge in [0.1, 0.15) is 5.82 Å². The van der Waals surface area contributed by atoms with Crippen LogP contribution in [0.4, 0.5) is 10.1 Å². The minimum atomic E-state index is -0.223. The molecule has 0 fully saturated rings. The van der Waals surface area contributed by atoms with Gasteiger partial charge in [-0.3, -0.25) is 0 Å². The first kappa shape index (κ1) is 13.6. The van der Waals surface area contributed by atoms with Crippen LogP contribution in [-0.4, -0.2) is 7.05 Å². The van der Waals surface area contributed by atoms with Gasteiger partial charge in [0.05, 0.1) is 5.69 Å². The molecule has 0 atom stereocenters. The van der Waals surface area contributed by atoms with Crippen LogP contribution in [0.25, 0.3) is 0 Å². The molecule has 100 valence electrons. The zero-order valence-electron chi connectivity index (χ0n) is 11.4. The number of anilines is 1. The molecule has 0 spiro atoms. The number of halogens is 1. The lowest BCUT2D eigenvalue weighted by Crippen LogP contribution is -2.18. The van der Waals surface area contributed by atoms with Crippen LogP contribution in [0.5, 0.6) is 0 Å². The Hall–Kier alpha value is -1.87. The van der Waals surface area contributed by atoms with Crippen LogP contribution in [0, 0.1) is 12.7 Å². The molecule has 0 heterocycles. The number of benzene rings is 2. The van der Waals surface area contributed by atoms with Crippen LogP contribution in [0.1, 0.15) is 16.7 Å². The summed E-state index contributed by atoms with van der Waals surface area (Å²) in [6.07, 6.45) is 0. The van der Waals surface area contributed by atoms with E-state index in [1.54, 1.807) is 6.07 Å². The van der Waals surface area contributed by atoms with Gasteiger partial charge in [-0.2, -0.15) is 0 Å². The molecular weight excluding hydrogens is 239 g/mol. The van der Waals surface area contributed by atoms with Crippen LogP contribution < -0.4 is 10.6 Å². The van der Waals surface area contributed by atoms with Crippen molar-refractivity contribution in [1.82, 2.24) is 0 Å². The van der Waals surface area contributed by atoms with Gasteiger partial charge in [0, 0.05) is 20.1 Å². The summed E-state index contributed by atoms with van der Waals surface area (Å²) in [5.74, 6) is -0.223. The fourth-order valence-corrected chi connectivity index (χ4v) is 2.12. The first-order chi connectivity index (χ1) is 9.11. The number of nitrogens with zero attached hydrogens (tertiary/aromatic N) is 1. The van der Waals surface area contributed by atoms with Gasteiger partial charge in [-0.15, -0.1) is 0 Å². The van der Waals surface area contributed by atoms with Crippen molar-refractivity contribution in [3.63, 3.8) is 0 Å². The number of rotatable bonds is 4. The normalized spacial score (nSPS) is 10.5. The van der Waals surface area contributed by atoms with E-state index in [-0.39, 0.29) is 5.82 Å².